The van der Waals surface area contributed by atoms with E-state index in [9.17, 15) is 9.59 Å². The predicted molar refractivity (Wildman–Crippen MR) is 139 cm³/mol. The number of hydrogen-bond donors (Lipinski definition) is 2. The zero-order chi connectivity index (χ0) is 23.5. The quantitative estimate of drug-likeness (QED) is 0.501. The average Bonchev–Trinajstić information content (AvgIpc) is 3.33. The molecule has 0 aromatic rings. The monoisotopic (exact) mass is 524 g/mol. The zero-order valence-electron chi connectivity index (χ0n) is 21.7. The van der Waals surface area contributed by atoms with Crippen LogP contribution in [0.25, 0.3) is 0 Å². The van der Waals surface area contributed by atoms with E-state index in [-0.39, 0.29) is 48.2 Å². The zero-order valence-corrected chi connectivity index (χ0v) is 23.4. The first-order chi connectivity index (χ1) is 14.9. The third-order valence-corrected chi connectivity index (χ3v) is 6.71. The van der Waals surface area contributed by atoms with E-state index in [4.69, 9.17) is 9.47 Å². The second-order valence-electron chi connectivity index (χ2n) is 11.8. The van der Waals surface area contributed by atoms with Crippen molar-refractivity contribution < 1.29 is 19.1 Å². The first kappa shape index (κ1) is 31.1. The van der Waals surface area contributed by atoms with E-state index in [1.165, 1.54) is 0 Å². The number of amides is 2. The molecular weight excluding hydrogens is 479 g/mol. The second kappa shape index (κ2) is 12.8. The summed E-state index contributed by atoms with van der Waals surface area (Å²) in [6, 6.07) is 0. The van der Waals surface area contributed by atoms with Crippen molar-refractivity contribution in [2.75, 3.05) is 52.4 Å². The molecule has 0 bridgehead atoms. The van der Waals surface area contributed by atoms with Crippen LogP contribution in [0.4, 0.5) is 9.59 Å². The molecule has 2 amide bonds. The number of fused-ring (bicyclic) bond motifs is 2. The largest absolute Gasteiger partial charge is 0.444 e. The maximum Gasteiger partial charge on any atom is 0.410 e. The molecule has 10 heteroatoms. The molecule has 2 N–H and O–H groups in total. The summed E-state index contributed by atoms with van der Waals surface area (Å²) in [5.41, 5.74) is -0.774. The van der Waals surface area contributed by atoms with Gasteiger partial charge in [0.25, 0.3) is 0 Å². The van der Waals surface area contributed by atoms with Crippen LogP contribution in [0.3, 0.4) is 0 Å². The molecule has 8 nitrogen and oxygen atoms in total. The minimum atomic E-state index is -0.387. The topological polar surface area (TPSA) is 83.1 Å². The van der Waals surface area contributed by atoms with Gasteiger partial charge in [-0.05, 0) is 104 Å². The molecule has 0 spiro atoms. The molecule has 4 saturated heterocycles. The molecule has 0 aromatic heterocycles. The normalized spacial score (nSPS) is 28.3. The van der Waals surface area contributed by atoms with Crippen LogP contribution < -0.4 is 10.6 Å². The number of piperidine rings is 2. The number of likely N-dealkylation sites (tertiary alicyclic amines) is 2. The number of halogens is 2. The first-order valence-corrected chi connectivity index (χ1v) is 12.3. The number of nitrogens with one attached hydrogen (secondary N) is 2. The third-order valence-electron chi connectivity index (χ3n) is 6.71. The van der Waals surface area contributed by atoms with E-state index in [0.29, 0.717) is 11.8 Å². The van der Waals surface area contributed by atoms with Gasteiger partial charge in [-0.25, -0.2) is 9.59 Å². The number of rotatable bonds is 0. The SMILES string of the molecule is CC(C)(C)OC(=O)N1CC[C@@H]2CNC[C@@H]2C1.CC(C)(C)OC(=O)N1CC[C@H]2CNC[C@H]2C1.Cl.Cl. The molecule has 4 heterocycles. The average molecular weight is 526 g/mol. The van der Waals surface area contributed by atoms with E-state index in [1.807, 2.05) is 51.3 Å². The Balaban J connectivity index is 0.000000321. The van der Waals surface area contributed by atoms with Crippen molar-refractivity contribution in [2.45, 2.75) is 65.6 Å². The molecule has 0 saturated carbocycles. The van der Waals surface area contributed by atoms with Crippen LogP contribution >= 0.6 is 24.8 Å². The lowest BCUT2D eigenvalue weighted by Gasteiger charge is -2.35. The van der Waals surface area contributed by atoms with E-state index in [2.05, 4.69) is 10.6 Å². The van der Waals surface area contributed by atoms with Crippen LogP contribution in [0.15, 0.2) is 0 Å². The fraction of sp³-hybridized carbons (Fsp3) is 0.917. The maximum atomic E-state index is 11.9. The lowest BCUT2D eigenvalue weighted by molar-refractivity contribution is 0.0130. The van der Waals surface area contributed by atoms with Crippen LogP contribution in [-0.2, 0) is 9.47 Å². The molecule has 0 aromatic carbocycles. The van der Waals surface area contributed by atoms with Crippen LogP contribution in [0.5, 0.6) is 0 Å². The Morgan fingerprint density at radius 1 is 0.647 bits per heavy atom. The number of ether oxygens (including phenoxy) is 2. The number of hydrogen-bond acceptors (Lipinski definition) is 6. The Labute approximate surface area is 218 Å². The minimum absolute atomic E-state index is 0. The lowest BCUT2D eigenvalue weighted by atomic mass is 9.89. The van der Waals surface area contributed by atoms with Gasteiger partial charge in [-0.15, -0.1) is 24.8 Å². The number of carbonyl (C=O) groups excluding carboxylic acids is 2. The van der Waals surface area contributed by atoms with Crippen molar-refractivity contribution in [3.63, 3.8) is 0 Å². The van der Waals surface area contributed by atoms with Gasteiger partial charge in [-0.1, -0.05) is 0 Å². The van der Waals surface area contributed by atoms with Gasteiger partial charge in [0, 0.05) is 26.2 Å². The van der Waals surface area contributed by atoms with Crippen molar-refractivity contribution in [3.05, 3.63) is 0 Å². The Morgan fingerprint density at radius 2 is 0.971 bits per heavy atom. The molecule has 0 radical (unpaired) electrons. The molecule has 0 aliphatic carbocycles. The standard InChI is InChI=1S/2C12H22N2O2.2ClH/c2*1-12(2,3)16-11(15)14-5-4-9-6-13-7-10(9)8-14;;/h2*9-10,13H,4-8H2,1-3H3;2*1H/t2*9-,10-;;/m10../s1. The van der Waals surface area contributed by atoms with E-state index in [0.717, 1.165) is 77.0 Å². The third kappa shape index (κ3) is 9.25. The summed E-state index contributed by atoms with van der Waals surface area (Å²) in [5.74, 6) is 2.78. The highest BCUT2D eigenvalue weighted by Gasteiger charge is 2.37. The van der Waals surface area contributed by atoms with Crippen LogP contribution in [-0.4, -0.2) is 85.5 Å². The molecule has 4 fully saturated rings. The fourth-order valence-corrected chi connectivity index (χ4v) is 5.05. The van der Waals surface area contributed by atoms with Crippen molar-refractivity contribution in [1.82, 2.24) is 20.4 Å². The van der Waals surface area contributed by atoms with Crippen LogP contribution in [0.1, 0.15) is 54.4 Å². The molecule has 34 heavy (non-hydrogen) atoms. The van der Waals surface area contributed by atoms with Crippen molar-refractivity contribution in [1.29, 1.82) is 0 Å². The van der Waals surface area contributed by atoms with E-state index in [1.54, 1.807) is 0 Å². The van der Waals surface area contributed by atoms with Gasteiger partial charge in [0.1, 0.15) is 11.2 Å². The molecule has 4 atom stereocenters. The first-order valence-electron chi connectivity index (χ1n) is 12.3. The molecular formula is C24H46Cl2N4O4. The summed E-state index contributed by atoms with van der Waals surface area (Å²) in [5, 5.41) is 6.79. The maximum absolute atomic E-state index is 11.9. The highest BCUT2D eigenvalue weighted by atomic mass is 35.5. The van der Waals surface area contributed by atoms with Gasteiger partial charge in [-0.2, -0.15) is 0 Å². The van der Waals surface area contributed by atoms with E-state index >= 15 is 0 Å². The Kier molecular flexibility index (Phi) is 11.7. The highest BCUT2D eigenvalue weighted by molar-refractivity contribution is 5.85. The van der Waals surface area contributed by atoms with Gasteiger partial charge in [0.05, 0.1) is 0 Å². The summed E-state index contributed by atoms with van der Waals surface area (Å²) < 4.78 is 10.8. The smallest absolute Gasteiger partial charge is 0.410 e. The van der Waals surface area contributed by atoms with E-state index < -0.39 is 0 Å². The Hall–Kier alpha value is -0.960. The van der Waals surface area contributed by atoms with Gasteiger partial charge >= 0.3 is 12.2 Å². The molecule has 4 aliphatic rings. The van der Waals surface area contributed by atoms with Crippen molar-refractivity contribution in [2.24, 2.45) is 23.7 Å². The van der Waals surface area contributed by atoms with Crippen molar-refractivity contribution >= 4 is 37.0 Å². The molecule has 0 unspecified atom stereocenters. The Morgan fingerprint density at radius 3 is 1.29 bits per heavy atom. The fourth-order valence-electron chi connectivity index (χ4n) is 5.05. The van der Waals surface area contributed by atoms with Crippen LogP contribution in [0, 0.1) is 23.7 Å². The number of carbonyl (C=O) groups is 2. The van der Waals surface area contributed by atoms with Gasteiger partial charge < -0.3 is 29.9 Å². The van der Waals surface area contributed by atoms with Gasteiger partial charge in [0.15, 0.2) is 0 Å². The molecule has 4 rings (SSSR count). The number of nitrogens with zero attached hydrogens (tertiary/aromatic N) is 2. The summed E-state index contributed by atoms with van der Waals surface area (Å²) >= 11 is 0. The summed E-state index contributed by atoms with van der Waals surface area (Å²) in [6.45, 7) is 19.2. The summed E-state index contributed by atoms with van der Waals surface area (Å²) in [7, 11) is 0. The van der Waals surface area contributed by atoms with Gasteiger partial charge in [-0.3, -0.25) is 0 Å². The lowest BCUT2D eigenvalue weighted by Crippen LogP contribution is -2.45. The van der Waals surface area contributed by atoms with Gasteiger partial charge in [0.2, 0.25) is 0 Å². The summed E-state index contributed by atoms with van der Waals surface area (Å²) in [6.07, 6.45) is 1.91. The minimum Gasteiger partial charge on any atom is -0.444 e. The van der Waals surface area contributed by atoms with Crippen molar-refractivity contribution in [3.8, 4) is 0 Å². The second-order valence-corrected chi connectivity index (χ2v) is 11.8. The highest BCUT2D eigenvalue weighted by Crippen LogP contribution is 2.28. The molecule has 200 valence electrons. The predicted octanol–water partition coefficient (Wildman–Crippen LogP) is 3.77. The molecule has 4 aliphatic heterocycles. The summed E-state index contributed by atoms with van der Waals surface area (Å²) in [4.78, 5) is 27.5. The Bertz CT molecular complexity index is 612. The van der Waals surface area contributed by atoms with Crippen LogP contribution in [0.2, 0.25) is 0 Å².